The van der Waals surface area contributed by atoms with E-state index in [-0.39, 0.29) is 23.3 Å². The Morgan fingerprint density at radius 1 is 1.33 bits per heavy atom. The molecule has 1 aliphatic heterocycles. The molecule has 0 saturated carbocycles. The van der Waals surface area contributed by atoms with Gasteiger partial charge in [0.25, 0.3) is 0 Å². The summed E-state index contributed by atoms with van der Waals surface area (Å²) in [5.74, 6) is 0.378. The number of aromatic nitrogens is 1. The Bertz CT molecular complexity index is 941. The monoisotopic (exact) mass is 395 g/mol. The molecule has 0 bridgehead atoms. The number of ether oxygens (including phenoxy) is 2. The third-order valence-electron chi connectivity index (χ3n) is 3.53. The minimum Gasteiger partial charge on any atom is -0.454 e. The number of fused-ring (bicyclic) bond motifs is 1. The number of hydrogen-bond donors (Lipinski definition) is 1. The zero-order valence-electron chi connectivity index (χ0n) is 13.9. The zero-order valence-corrected chi connectivity index (χ0v) is 14.7. The Labute approximate surface area is 156 Å². The molecule has 0 radical (unpaired) electrons. The summed E-state index contributed by atoms with van der Waals surface area (Å²) in [5.41, 5.74) is -1.08. The molecule has 1 aromatic carbocycles. The highest BCUT2D eigenvalue weighted by molar-refractivity contribution is 8.00. The number of alkyl halides is 3. The van der Waals surface area contributed by atoms with E-state index >= 15 is 0 Å². The highest BCUT2D eigenvalue weighted by Crippen LogP contribution is 2.36. The van der Waals surface area contributed by atoms with Crippen LogP contribution in [0.5, 0.6) is 11.5 Å². The average Bonchev–Trinajstić information content (AvgIpc) is 3.06. The number of anilines is 1. The molecule has 0 aliphatic carbocycles. The van der Waals surface area contributed by atoms with Crippen LogP contribution in [0, 0.1) is 18.3 Å². The van der Waals surface area contributed by atoms with Crippen LogP contribution in [0.1, 0.15) is 16.8 Å². The van der Waals surface area contributed by atoms with E-state index in [1.807, 2.05) is 0 Å². The highest BCUT2D eigenvalue weighted by Gasteiger charge is 2.35. The van der Waals surface area contributed by atoms with E-state index in [9.17, 15) is 18.0 Å². The van der Waals surface area contributed by atoms with Crippen LogP contribution in [0.2, 0.25) is 0 Å². The smallest absolute Gasteiger partial charge is 0.417 e. The van der Waals surface area contributed by atoms with Crippen molar-refractivity contribution in [3.8, 4) is 17.6 Å². The number of thioether (sulfide) groups is 1. The molecule has 0 spiro atoms. The largest absolute Gasteiger partial charge is 0.454 e. The van der Waals surface area contributed by atoms with Crippen LogP contribution in [-0.2, 0) is 11.0 Å². The van der Waals surface area contributed by atoms with Gasteiger partial charge in [-0.2, -0.15) is 18.4 Å². The standard InChI is InChI=1S/C17H12F3N3O3S/c1-9-4-12(17(18,19)20)11(6-21)16(22-9)27-7-15(24)23-10-2-3-13-14(5-10)26-8-25-13/h2-5H,7-8H2,1H3,(H,23,24). The molecule has 6 nitrogen and oxygen atoms in total. The van der Waals surface area contributed by atoms with Crippen molar-refractivity contribution in [2.24, 2.45) is 0 Å². The number of aryl methyl sites for hydroxylation is 1. The number of pyridine rings is 1. The van der Waals surface area contributed by atoms with Crippen LogP contribution in [0.25, 0.3) is 0 Å². The SMILES string of the molecule is Cc1cc(C(F)(F)F)c(C#N)c(SCC(=O)Nc2ccc3c(c2)OCO3)n1. The lowest BCUT2D eigenvalue weighted by Crippen LogP contribution is -2.15. The van der Waals surface area contributed by atoms with E-state index in [0.717, 1.165) is 17.8 Å². The number of nitriles is 1. The summed E-state index contributed by atoms with van der Waals surface area (Å²) in [6.45, 7) is 1.49. The lowest BCUT2D eigenvalue weighted by atomic mass is 10.1. The molecule has 0 unspecified atom stereocenters. The van der Waals surface area contributed by atoms with E-state index in [1.54, 1.807) is 18.2 Å². The zero-order chi connectivity index (χ0) is 19.6. The van der Waals surface area contributed by atoms with Gasteiger partial charge in [0.1, 0.15) is 11.1 Å². The number of carbonyl (C=O) groups excluding carboxylic acids is 1. The van der Waals surface area contributed by atoms with Crippen LogP contribution in [0.15, 0.2) is 29.3 Å². The minimum absolute atomic E-state index is 0.0973. The topological polar surface area (TPSA) is 84.2 Å². The van der Waals surface area contributed by atoms with Crippen LogP contribution < -0.4 is 14.8 Å². The van der Waals surface area contributed by atoms with Gasteiger partial charge in [-0.15, -0.1) is 0 Å². The van der Waals surface area contributed by atoms with Crippen molar-refractivity contribution in [3.05, 3.63) is 41.1 Å². The number of carbonyl (C=O) groups is 1. The summed E-state index contributed by atoms with van der Waals surface area (Å²) in [4.78, 5) is 16.1. The molecule has 3 rings (SSSR count). The molecule has 0 saturated heterocycles. The predicted octanol–water partition coefficient (Wildman–Crippen LogP) is 3.74. The number of benzene rings is 1. The van der Waals surface area contributed by atoms with Crippen LogP contribution in [0.4, 0.5) is 18.9 Å². The highest BCUT2D eigenvalue weighted by atomic mass is 32.2. The van der Waals surface area contributed by atoms with Gasteiger partial charge in [-0.1, -0.05) is 11.8 Å². The van der Waals surface area contributed by atoms with Crippen molar-refractivity contribution in [2.45, 2.75) is 18.1 Å². The molecule has 2 heterocycles. The van der Waals surface area contributed by atoms with Crippen molar-refractivity contribution >= 4 is 23.4 Å². The van der Waals surface area contributed by atoms with Gasteiger partial charge in [-0.05, 0) is 25.1 Å². The van der Waals surface area contributed by atoms with Crippen molar-refractivity contribution in [2.75, 3.05) is 17.9 Å². The Balaban J connectivity index is 1.72. The van der Waals surface area contributed by atoms with Crippen molar-refractivity contribution in [3.63, 3.8) is 0 Å². The molecule has 2 aromatic rings. The summed E-state index contributed by atoms with van der Waals surface area (Å²) in [6, 6.07) is 7.18. The summed E-state index contributed by atoms with van der Waals surface area (Å²) in [6.07, 6.45) is -4.68. The molecule has 0 atom stereocenters. The molecule has 10 heteroatoms. The molecule has 27 heavy (non-hydrogen) atoms. The average molecular weight is 395 g/mol. The maximum absolute atomic E-state index is 13.1. The maximum Gasteiger partial charge on any atom is 0.417 e. The summed E-state index contributed by atoms with van der Waals surface area (Å²) in [7, 11) is 0. The van der Waals surface area contributed by atoms with Gasteiger partial charge < -0.3 is 14.8 Å². The van der Waals surface area contributed by atoms with Gasteiger partial charge in [0, 0.05) is 17.4 Å². The molecule has 1 aliphatic rings. The first-order chi connectivity index (χ1) is 12.8. The fourth-order valence-electron chi connectivity index (χ4n) is 2.39. The van der Waals surface area contributed by atoms with Crippen LogP contribution in [0.3, 0.4) is 0 Å². The van der Waals surface area contributed by atoms with E-state index in [0.29, 0.717) is 17.2 Å². The van der Waals surface area contributed by atoms with Gasteiger partial charge >= 0.3 is 6.18 Å². The lowest BCUT2D eigenvalue weighted by Gasteiger charge is -2.12. The quantitative estimate of drug-likeness (QED) is 0.794. The maximum atomic E-state index is 13.1. The van der Waals surface area contributed by atoms with E-state index in [2.05, 4.69) is 10.3 Å². The van der Waals surface area contributed by atoms with E-state index in [4.69, 9.17) is 14.7 Å². The number of hydrogen-bond acceptors (Lipinski definition) is 6. The normalized spacial score (nSPS) is 12.6. The lowest BCUT2D eigenvalue weighted by molar-refractivity contribution is -0.138. The summed E-state index contributed by atoms with van der Waals surface area (Å²) < 4.78 is 49.7. The first kappa shape index (κ1) is 18.8. The fourth-order valence-corrected chi connectivity index (χ4v) is 3.23. The first-order valence-electron chi connectivity index (χ1n) is 7.59. The molecule has 0 fully saturated rings. The molecular weight excluding hydrogens is 383 g/mol. The Morgan fingerprint density at radius 2 is 2.07 bits per heavy atom. The van der Waals surface area contributed by atoms with Gasteiger partial charge in [-0.25, -0.2) is 4.98 Å². The fraction of sp³-hybridized carbons (Fsp3) is 0.235. The van der Waals surface area contributed by atoms with Gasteiger partial charge in [0.15, 0.2) is 11.5 Å². The number of nitrogens with zero attached hydrogens (tertiary/aromatic N) is 2. The number of halogens is 3. The molecule has 1 aromatic heterocycles. The predicted molar refractivity (Wildman–Crippen MR) is 90.6 cm³/mol. The van der Waals surface area contributed by atoms with Gasteiger partial charge in [0.05, 0.1) is 16.9 Å². The number of rotatable bonds is 4. The number of amides is 1. The Morgan fingerprint density at radius 3 is 2.78 bits per heavy atom. The number of nitrogens with one attached hydrogen (secondary N) is 1. The van der Waals surface area contributed by atoms with Gasteiger partial charge in [-0.3, -0.25) is 4.79 Å². The third kappa shape index (κ3) is 4.25. The molecule has 1 amide bonds. The molecular formula is C17H12F3N3O3S. The second kappa shape index (κ2) is 7.36. The van der Waals surface area contributed by atoms with E-state index in [1.165, 1.54) is 13.0 Å². The van der Waals surface area contributed by atoms with Crippen molar-refractivity contribution in [1.82, 2.24) is 4.98 Å². The first-order valence-corrected chi connectivity index (χ1v) is 8.57. The third-order valence-corrected chi connectivity index (χ3v) is 4.50. The van der Waals surface area contributed by atoms with Gasteiger partial charge in [0.2, 0.25) is 12.7 Å². The second-order valence-electron chi connectivity index (χ2n) is 5.51. The van der Waals surface area contributed by atoms with Crippen LogP contribution in [-0.4, -0.2) is 23.4 Å². The summed E-state index contributed by atoms with van der Waals surface area (Å²) >= 11 is 0.767. The van der Waals surface area contributed by atoms with Crippen molar-refractivity contribution in [1.29, 1.82) is 5.26 Å². The Hall–Kier alpha value is -2.93. The summed E-state index contributed by atoms with van der Waals surface area (Å²) in [5, 5.41) is 11.6. The van der Waals surface area contributed by atoms with E-state index < -0.39 is 23.2 Å². The molecule has 1 N–H and O–H groups in total. The van der Waals surface area contributed by atoms with Crippen LogP contribution >= 0.6 is 11.8 Å². The van der Waals surface area contributed by atoms with Crippen molar-refractivity contribution < 1.29 is 27.4 Å². The molecule has 140 valence electrons. The Kier molecular flexibility index (Phi) is 5.14. The minimum atomic E-state index is -4.68. The second-order valence-corrected chi connectivity index (χ2v) is 6.47.